The number of cyclic esters (lactones) is 1. The van der Waals surface area contributed by atoms with E-state index in [2.05, 4.69) is 23.6 Å². The molecule has 0 aliphatic carbocycles. The normalized spacial score (nSPS) is 23.1. The molecule has 152 valence electrons. The molecule has 5 heteroatoms. The Morgan fingerprint density at radius 1 is 1.07 bits per heavy atom. The molecule has 0 N–H and O–H groups in total. The first kappa shape index (κ1) is 21.8. The zero-order chi connectivity index (χ0) is 18.6. The van der Waals surface area contributed by atoms with Crippen molar-refractivity contribution < 1.29 is 13.9 Å². The summed E-state index contributed by atoms with van der Waals surface area (Å²) >= 11 is 0. The lowest BCUT2D eigenvalue weighted by atomic mass is 9.79. The van der Waals surface area contributed by atoms with Crippen molar-refractivity contribution in [2.24, 2.45) is 5.41 Å². The lowest BCUT2D eigenvalue weighted by Crippen LogP contribution is -2.46. The van der Waals surface area contributed by atoms with Gasteiger partial charge in [0.25, 0.3) is 0 Å². The molecule has 2 aliphatic rings. The highest BCUT2D eigenvalue weighted by molar-refractivity contribution is 5.78. The van der Waals surface area contributed by atoms with E-state index in [0.29, 0.717) is 0 Å². The topological polar surface area (TPSA) is 32.8 Å². The Balaban J connectivity index is 0.00000261. The molecular formula is C22H35FN2O2. The maximum atomic E-state index is 13.0. The van der Waals surface area contributed by atoms with Gasteiger partial charge in [0.05, 0.1) is 5.41 Å². The largest absolute Gasteiger partial charge is 0.462 e. The number of esters is 1. The molecule has 0 aromatic heterocycles. The Hall–Kier alpha value is -1.46. The Morgan fingerprint density at radius 2 is 1.67 bits per heavy atom. The van der Waals surface area contributed by atoms with Crippen LogP contribution in [0.5, 0.6) is 0 Å². The van der Waals surface area contributed by atoms with E-state index in [4.69, 9.17) is 4.74 Å². The summed E-state index contributed by atoms with van der Waals surface area (Å²) < 4.78 is 18.6. The van der Waals surface area contributed by atoms with Crippen molar-refractivity contribution in [1.29, 1.82) is 0 Å². The van der Waals surface area contributed by atoms with Crippen LogP contribution >= 0.6 is 0 Å². The third-order valence-corrected chi connectivity index (χ3v) is 6.23. The fraction of sp³-hybridized carbons (Fsp3) is 0.682. The summed E-state index contributed by atoms with van der Waals surface area (Å²) in [5, 5.41) is 0. The zero-order valence-corrected chi connectivity index (χ0v) is 16.0. The number of rotatable bonds is 7. The number of nitrogens with zero attached hydrogens (tertiary/aromatic N) is 2. The molecule has 0 radical (unpaired) electrons. The number of halogens is 1. The van der Waals surface area contributed by atoms with Crippen molar-refractivity contribution in [3.8, 4) is 0 Å². The highest BCUT2D eigenvalue weighted by Gasteiger charge is 2.46. The number of ether oxygens (including phenoxy) is 1. The van der Waals surface area contributed by atoms with E-state index < -0.39 is 0 Å². The average molecular weight is 379 g/mol. The molecule has 2 aliphatic heterocycles. The minimum absolute atomic E-state index is 0. The Kier molecular flexibility index (Phi) is 7.80. The molecule has 2 saturated heterocycles. The molecule has 27 heavy (non-hydrogen) atoms. The van der Waals surface area contributed by atoms with Gasteiger partial charge in [-0.05, 0) is 37.0 Å². The van der Waals surface area contributed by atoms with E-state index in [9.17, 15) is 9.18 Å². The van der Waals surface area contributed by atoms with Crippen molar-refractivity contribution >= 4 is 5.97 Å². The molecule has 0 saturated carbocycles. The molecule has 2 fully saturated rings. The molecule has 4 nitrogen and oxygen atoms in total. The third-order valence-electron chi connectivity index (χ3n) is 6.23. The minimum Gasteiger partial charge on any atom is -0.462 e. The summed E-state index contributed by atoms with van der Waals surface area (Å²) in [6, 6.07) is 6.79. The highest BCUT2D eigenvalue weighted by atomic mass is 19.1. The second-order valence-corrected chi connectivity index (χ2v) is 7.75. The molecule has 0 bridgehead atoms. The zero-order valence-electron chi connectivity index (χ0n) is 16.0. The first-order chi connectivity index (χ1) is 12.5. The predicted molar refractivity (Wildman–Crippen MR) is 107 cm³/mol. The van der Waals surface area contributed by atoms with Crippen LogP contribution < -0.4 is 0 Å². The molecule has 0 amide bonds. The predicted octanol–water partition coefficient (Wildman–Crippen LogP) is 4.09. The van der Waals surface area contributed by atoms with Gasteiger partial charge in [0.15, 0.2) is 0 Å². The first-order valence-electron chi connectivity index (χ1n) is 9.95. The van der Waals surface area contributed by atoms with Crippen molar-refractivity contribution in [2.75, 3.05) is 32.7 Å². The summed E-state index contributed by atoms with van der Waals surface area (Å²) in [6.07, 6.45) is 3.65. The maximum Gasteiger partial charge on any atom is 0.312 e. The average Bonchev–Trinajstić information content (AvgIpc) is 2.99. The van der Waals surface area contributed by atoms with Gasteiger partial charge in [0.1, 0.15) is 11.9 Å². The van der Waals surface area contributed by atoms with Crippen LogP contribution in [0.1, 0.15) is 52.5 Å². The van der Waals surface area contributed by atoms with Gasteiger partial charge in [0.2, 0.25) is 0 Å². The van der Waals surface area contributed by atoms with Crippen LogP contribution in [-0.2, 0) is 16.1 Å². The fourth-order valence-electron chi connectivity index (χ4n) is 4.17. The van der Waals surface area contributed by atoms with E-state index in [1.54, 1.807) is 0 Å². The number of hydrogen-bond acceptors (Lipinski definition) is 4. The van der Waals surface area contributed by atoms with E-state index in [1.807, 2.05) is 12.1 Å². The number of carbonyl (C=O) groups excluding carboxylic acids is 1. The van der Waals surface area contributed by atoms with Crippen LogP contribution in [0.15, 0.2) is 24.3 Å². The fourth-order valence-corrected chi connectivity index (χ4v) is 4.17. The lowest BCUT2D eigenvalue weighted by Gasteiger charge is -2.35. The molecule has 2 heterocycles. The van der Waals surface area contributed by atoms with E-state index in [-0.39, 0.29) is 30.7 Å². The second-order valence-electron chi connectivity index (χ2n) is 7.75. The maximum absolute atomic E-state index is 13.0. The van der Waals surface area contributed by atoms with Crippen molar-refractivity contribution in [3.63, 3.8) is 0 Å². The van der Waals surface area contributed by atoms with Gasteiger partial charge in [-0.1, -0.05) is 33.4 Å². The molecule has 0 spiro atoms. The number of hydrogen-bond donors (Lipinski definition) is 0. The van der Waals surface area contributed by atoms with Crippen LogP contribution in [0.4, 0.5) is 4.39 Å². The number of carbonyl (C=O) groups is 1. The van der Waals surface area contributed by atoms with Crippen molar-refractivity contribution in [2.45, 2.75) is 59.6 Å². The number of piperazine rings is 1. The Morgan fingerprint density at radius 3 is 2.22 bits per heavy atom. The molecule has 3 rings (SSSR count). The first-order valence-corrected chi connectivity index (χ1v) is 9.95. The van der Waals surface area contributed by atoms with Gasteiger partial charge in [-0.2, -0.15) is 0 Å². The summed E-state index contributed by atoms with van der Waals surface area (Å²) in [5.74, 6) is -0.169. The van der Waals surface area contributed by atoms with E-state index >= 15 is 0 Å². The standard InChI is InChI=1S/C21H31FN2O2.CH4/c1-3-21(4-2)15-19(26-20(21)25)9-10-23-11-13-24(14-12-23)16-17-5-7-18(22)8-6-17;/h5-8,19H,3-4,9-16H2,1-2H3;1H4. The quantitative estimate of drug-likeness (QED) is 0.669. The minimum atomic E-state index is -0.238. The summed E-state index contributed by atoms with van der Waals surface area (Å²) in [4.78, 5) is 17.1. The van der Waals surface area contributed by atoms with Gasteiger partial charge in [-0.25, -0.2) is 4.39 Å². The van der Waals surface area contributed by atoms with Crippen LogP contribution in [0.25, 0.3) is 0 Å². The molecule has 1 atom stereocenters. The van der Waals surface area contributed by atoms with Crippen LogP contribution in [0.2, 0.25) is 0 Å². The van der Waals surface area contributed by atoms with E-state index in [1.165, 1.54) is 12.1 Å². The lowest BCUT2D eigenvalue weighted by molar-refractivity contribution is -0.149. The molecular weight excluding hydrogens is 343 g/mol. The third kappa shape index (κ3) is 5.29. The van der Waals surface area contributed by atoms with Gasteiger partial charge in [0, 0.05) is 45.7 Å². The van der Waals surface area contributed by atoms with Crippen molar-refractivity contribution in [1.82, 2.24) is 9.80 Å². The van der Waals surface area contributed by atoms with Crippen LogP contribution in [-0.4, -0.2) is 54.6 Å². The van der Waals surface area contributed by atoms with Crippen LogP contribution in [0.3, 0.4) is 0 Å². The number of benzene rings is 1. The smallest absolute Gasteiger partial charge is 0.312 e. The van der Waals surface area contributed by atoms with Gasteiger partial charge >= 0.3 is 5.97 Å². The summed E-state index contributed by atoms with van der Waals surface area (Å²) in [7, 11) is 0. The van der Waals surface area contributed by atoms with Gasteiger partial charge in [-0.15, -0.1) is 0 Å². The van der Waals surface area contributed by atoms with Crippen molar-refractivity contribution in [3.05, 3.63) is 35.6 Å². The monoisotopic (exact) mass is 378 g/mol. The van der Waals surface area contributed by atoms with Gasteiger partial charge < -0.3 is 9.64 Å². The molecule has 1 unspecified atom stereocenters. The summed E-state index contributed by atoms with van der Waals surface area (Å²) in [5.41, 5.74) is 0.923. The Bertz CT molecular complexity index is 593. The second kappa shape index (κ2) is 9.65. The van der Waals surface area contributed by atoms with E-state index in [0.717, 1.165) is 70.5 Å². The molecule has 1 aromatic rings. The summed E-state index contributed by atoms with van der Waals surface area (Å²) in [6.45, 7) is 10.2. The molecule has 1 aromatic carbocycles. The highest BCUT2D eigenvalue weighted by Crippen LogP contribution is 2.41. The van der Waals surface area contributed by atoms with Gasteiger partial charge in [-0.3, -0.25) is 9.69 Å². The van der Waals surface area contributed by atoms with Crippen LogP contribution in [0, 0.1) is 11.2 Å². The SMILES string of the molecule is C.CCC1(CC)CC(CCN2CCN(Cc3ccc(F)cc3)CC2)OC1=O. The Labute approximate surface area is 163 Å².